The van der Waals surface area contributed by atoms with E-state index >= 15 is 0 Å². The number of nitrogens with zero attached hydrogens (tertiary/aromatic N) is 1. The van der Waals surface area contributed by atoms with Gasteiger partial charge in [-0.3, -0.25) is 4.90 Å². The van der Waals surface area contributed by atoms with Crippen molar-refractivity contribution in [1.82, 2.24) is 10.2 Å². The van der Waals surface area contributed by atoms with E-state index in [1.54, 1.807) is 7.11 Å². The van der Waals surface area contributed by atoms with Crippen molar-refractivity contribution >= 4 is 0 Å². The molecule has 3 nitrogen and oxygen atoms in total. The Morgan fingerprint density at radius 2 is 2.29 bits per heavy atom. The summed E-state index contributed by atoms with van der Waals surface area (Å²) in [4.78, 5) is 2.60. The maximum atomic E-state index is 5.13. The Labute approximate surface area is 87.8 Å². The Balaban J connectivity index is 2.37. The van der Waals surface area contributed by atoms with E-state index in [9.17, 15) is 0 Å². The zero-order valence-electron chi connectivity index (χ0n) is 9.75. The van der Waals surface area contributed by atoms with Crippen LogP contribution < -0.4 is 5.32 Å². The van der Waals surface area contributed by atoms with E-state index in [-0.39, 0.29) is 0 Å². The Hall–Kier alpha value is -0.120. The summed E-state index contributed by atoms with van der Waals surface area (Å²) in [5, 5.41) is 3.45. The van der Waals surface area contributed by atoms with Crippen molar-refractivity contribution < 1.29 is 4.74 Å². The summed E-state index contributed by atoms with van der Waals surface area (Å²) >= 11 is 0. The fourth-order valence-electron chi connectivity index (χ4n) is 2.14. The molecule has 1 aliphatic heterocycles. The van der Waals surface area contributed by atoms with Gasteiger partial charge in [0.1, 0.15) is 0 Å². The number of rotatable bonds is 4. The van der Waals surface area contributed by atoms with Crippen molar-refractivity contribution in [3.05, 3.63) is 0 Å². The molecule has 3 heteroatoms. The van der Waals surface area contributed by atoms with E-state index in [1.165, 1.54) is 13.0 Å². The molecule has 0 amide bonds. The minimum Gasteiger partial charge on any atom is -0.385 e. The van der Waals surface area contributed by atoms with E-state index < -0.39 is 0 Å². The third kappa shape index (κ3) is 3.56. The third-order valence-electron chi connectivity index (χ3n) is 3.16. The van der Waals surface area contributed by atoms with Crippen LogP contribution in [-0.2, 0) is 4.74 Å². The van der Waals surface area contributed by atoms with Gasteiger partial charge in [-0.25, -0.2) is 0 Å². The topological polar surface area (TPSA) is 24.5 Å². The van der Waals surface area contributed by atoms with Crippen LogP contribution in [0.1, 0.15) is 26.7 Å². The highest BCUT2D eigenvalue weighted by Crippen LogP contribution is 2.12. The minimum absolute atomic E-state index is 0.643. The standard InChI is InChI=1S/C11H24N2O/c1-10-4-6-12-7-8-13(10)11(2)5-9-14-3/h10-12H,4-9H2,1-3H3. The molecule has 0 saturated carbocycles. The lowest BCUT2D eigenvalue weighted by Gasteiger charge is -2.32. The van der Waals surface area contributed by atoms with E-state index in [4.69, 9.17) is 4.74 Å². The molecular weight excluding hydrogens is 176 g/mol. The van der Waals surface area contributed by atoms with Gasteiger partial charge >= 0.3 is 0 Å². The van der Waals surface area contributed by atoms with Crippen molar-refractivity contribution in [2.24, 2.45) is 0 Å². The average molecular weight is 200 g/mol. The maximum absolute atomic E-state index is 5.13. The van der Waals surface area contributed by atoms with Crippen molar-refractivity contribution in [3.8, 4) is 0 Å². The molecule has 0 aromatic rings. The molecule has 1 heterocycles. The molecule has 14 heavy (non-hydrogen) atoms. The molecule has 0 radical (unpaired) electrons. The van der Waals surface area contributed by atoms with Crippen LogP contribution in [0.25, 0.3) is 0 Å². The lowest BCUT2D eigenvalue weighted by molar-refractivity contribution is 0.116. The van der Waals surface area contributed by atoms with Gasteiger partial charge in [0.15, 0.2) is 0 Å². The predicted molar refractivity (Wildman–Crippen MR) is 59.6 cm³/mol. The lowest BCUT2D eigenvalue weighted by atomic mass is 10.1. The maximum Gasteiger partial charge on any atom is 0.0477 e. The Kier molecular flexibility index (Phi) is 5.45. The lowest BCUT2D eigenvalue weighted by Crippen LogP contribution is -2.41. The first-order valence-corrected chi connectivity index (χ1v) is 5.71. The first-order valence-electron chi connectivity index (χ1n) is 5.71. The van der Waals surface area contributed by atoms with Crippen LogP contribution in [0.15, 0.2) is 0 Å². The second-order valence-corrected chi connectivity index (χ2v) is 4.26. The van der Waals surface area contributed by atoms with E-state index in [0.29, 0.717) is 12.1 Å². The summed E-state index contributed by atoms with van der Waals surface area (Å²) in [6, 6.07) is 1.35. The van der Waals surface area contributed by atoms with Crippen LogP contribution >= 0.6 is 0 Å². The fraction of sp³-hybridized carbons (Fsp3) is 1.00. The van der Waals surface area contributed by atoms with E-state index in [0.717, 1.165) is 26.1 Å². The largest absolute Gasteiger partial charge is 0.385 e. The van der Waals surface area contributed by atoms with Crippen molar-refractivity contribution in [2.45, 2.75) is 38.8 Å². The molecule has 1 fully saturated rings. The van der Waals surface area contributed by atoms with Crippen LogP contribution in [0.3, 0.4) is 0 Å². The number of ether oxygens (including phenoxy) is 1. The summed E-state index contributed by atoms with van der Waals surface area (Å²) in [5.74, 6) is 0. The van der Waals surface area contributed by atoms with Crippen LogP contribution in [0, 0.1) is 0 Å². The number of hydrogen-bond donors (Lipinski definition) is 1. The number of hydrogen-bond acceptors (Lipinski definition) is 3. The first kappa shape index (κ1) is 12.0. The van der Waals surface area contributed by atoms with Gasteiger partial charge in [0.25, 0.3) is 0 Å². The van der Waals surface area contributed by atoms with Gasteiger partial charge in [-0.05, 0) is 33.2 Å². The summed E-state index contributed by atoms with van der Waals surface area (Å²) in [5.41, 5.74) is 0. The van der Waals surface area contributed by atoms with Gasteiger partial charge in [0, 0.05) is 38.9 Å². The Bertz CT molecular complexity index is 152. The molecule has 2 atom stereocenters. The first-order chi connectivity index (χ1) is 6.75. The SMILES string of the molecule is COCCC(C)N1CCNCCC1C. The van der Waals surface area contributed by atoms with Crippen LogP contribution in [0.2, 0.25) is 0 Å². The molecule has 1 N–H and O–H groups in total. The van der Waals surface area contributed by atoms with Gasteiger partial charge in [-0.2, -0.15) is 0 Å². The zero-order chi connectivity index (χ0) is 10.4. The molecule has 1 rings (SSSR count). The normalized spacial score (nSPS) is 27.2. The second kappa shape index (κ2) is 6.38. The molecule has 84 valence electrons. The van der Waals surface area contributed by atoms with Crippen molar-refractivity contribution in [1.29, 1.82) is 0 Å². The molecule has 0 aliphatic carbocycles. The highest BCUT2D eigenvalue weighted by atomic mass is 16.5. The van der Waals surface area contributed by atoms with Crippen LogP contribution in [0.4, 0.5) is 0 Å². The molecular formula is C11H24N2O. The van der Waals surface area contributed by atoms with Crippen molar-refractivity contribution in [2.75, 3.05) is 33.4 Å². The predicted octanol–water partition coefficient (Wildman–Crippen LogP) is 1.10. The summed E-state index contributed by atoms with van der Waals surface area (Å²) in [7, 11) is 1.78. The molecule has 1 saturated heterocycles. The summed E-state index contributed by atoms with van der Waals surface area (Å²) < 4.78 is 5.13. The van der Waals surface area contributed by atoms with Gasteiger partial charge < -0.3 is 10.1 Å². The van der Waals surface area contributed by atoms with Gasteiger partial charge in [0.2, 0.25) is 0 Å². The van der Waals surface area contributed by atoms with Crippen LogP contribution in [-0.4, -0.2) is 50.3 Å². The van der Waals surface area contributed by atoms with Crippen molar-refractivity contribution in [3.63, 3.8) is 0 Å². The zero-order valence-corrected chi connectivity index (χ0v) is 9.75. The Morgan fingerprint density at radius 3 is 3.00 bits per heavy atom. The summed E-state index contributed by atoms with van der Waals surface area (Å²) in [6.45, 7) is 8.97. The monoisotopic (exact) mass is 200 g/mol. The van der Waals surface area contributed by atoms with Gasteiger partial charge in [-0.1, -0.05) is 0 Å². The molecule has 1 aliphatic rings. The highest BCUT2D eigenvalue weighted by molar-refractivity contribution is 4.78. The van der Waals surface area contributed by atoms with Gasteiger partial charge in [0.05, 0.1) is 0 Å². The third-order valence-corrected chi connectivity index (χ3v) is 3.16. The average Bonchev–Trinajstić information content (AvgIpc) is 2.39. The number of nitrogens with one attached hydrogen (secondary N) is 1. The molecule has 2 unspecified atom stereocenters. The smallest absolute Gasteiger partial charge is 0.0477 e. The van der Waals surface area contributed by atoms with E-state index in [2.05, 4.69) is 24.1 Å². The molecule has 0 aromatic heterocycles. The van der Waals surface area contributed by atoms with E-state index in [1.807, 2.05) is 0 Å². The fourth-order valence-corrected chi connectivity index (χ4v) is 2.14. The van der Waals surface area contributed by atoms with Crippen LogP contribution in [0.5, 0.6) is 0 Å². The minimum atomic E-state index is 0.643. The number of methoxy groups -OCH3 is 1. The quantitative estimate of drug-likeness (QED) is 0.735. The molecule has 0 spiro atoms. The summed E-state index contributed by atoms with van der Waals surface area (Å²) in [6.07, 6.45) is 2.40. The van der Waals surface area contributed by atoms with Gasteiger partial charge in [-0.15, -0.1) is 0 Å². The molecule has 0 aromatic carbocycles. The molecule has 0 bridgehead atoms. The highest BCUT2D eigenvalue weighted by Gasteiger charge is 2.21. The Morgan fingerprint density at radius 1 is 1.50 bits per heavy atom. The second-order valence-electron chi connectivity index (χ2n) is 4.26.